The molecular formula is C16H18N2O4S. The molecule has 1 heterocycles. The summed E-state index contributed by atoms with van der Waals surface area (Å²) in [6.07, 6.45) is 6.95. The summed E-state index contributed by atoms with van der Waals surface area (Å²) in [4.78, 5) is 18.4. The lowest BCUT2D eigenvalue weighted by Gasteiger charge is -2.13. The third kappa shape index (κ3) is 4.94. The first kappa shape index (κ1) is 17.2. The molecule has 0 saturated carbocycles. The normalized spacial score (nSPS) is 13.5. The molecule has 6 nitrogen and oxygen atoms in total. The molecular weight excluding hydrogens is 316 g/mol. The molecule has 1 aromatic carbocycles. The second-order valence-electron chi connectivity index (χ2n) is 5.31. The molecule has 1 N–H and O–H groups in total. The van der Waals surface area contributed by atoms with Crippen LogP contribution in [0.3, 0.4) is 0 Å². The molecule has 2 aromatic rings. The van der Waals surface area contributed by atoms with Crippen LogP contribution >= 0.6 is 0 Å². The van der Waals surface area contributed by atoms with Crippen molar-refractivity contribution in [2.24, 2.45) is 0 Å². The summed E-state index contributed by atoms with van der Waals surface area (Å²) in [7, 11) is -4.02. The Morgan fingerprint density at radius 1 is 1.13 bits per heavy atom. The third-order valence-electron chi connectivity index (χ3n) is 3.51. The van der Waals surface area contributed by atoms with Crippen molar-refractivity contribution in [2.45, 2.75) is 37.5 Å². The lowest BCUT2D eigenvalue weighted by molar-refractivity contribution is 0.111. The maximum absolute atomic E-state index is 10.5. The largest absolute Gasteiger partial charge is 0.294 e. The van der Waals surface area contributed by atoms with Crippen molar-refractivity contribution in [3.8, 4) is 0 Å². The van der Waals surface area contributed by atoms with Gasteiger partial charge in [0.2, 0.25) is 0 Å². The lowest BCUT2D eigenvalue weighted by atomic mass is 9.98. The van der Waals surface area contributed by atoms with Crippen molar-refractivity contribution in [2.75, 3.05) is 0 Å². The summed E-state index contributed by atoms with van der Waals surface area (Å²) >= 11 is 0. The van der Waals surface area contributed by atoms with Crippen LogP contribution in [0.4, 0.5) is 0 Å². The van der Waals surface area contributed by atoms with Gasteiger partial charge in [-0.25, -0.2) is 9.97 Å². The molecule has 0 radical (unpaired) electrons. The molecule has 0 unspecified atom stereocenters. The van der Waals surface area contributed by atoms with Gasteiger partial charge in [0.15, 0.2) is 12.1 Å². The van der Waals surface area contributed by atoms with Gasteiger partial charge in [0.1, 0.15) is 0 Å². The fourth-order valence-electron chi connectivity index (χ4n) is 2.26. The van der Waals surface area contributed by atoms with Gasteiger partial charge in [-0.3, -0.25) is 9.35 Å². The summed E-state index contributed by atoms with van der Waals surface area (Å²) in [5.41, 5.74) is 3.24. The Hall–Kier alpha value is -2.12. The molecule has 122 valence electrons. The minimum atomic E-state index is -4.02. The molecule has 0 atom stereocenters. The number of benzene rings is 1. The number of carbonyl (C=O) groups is 1. The number of nitrogens with zero attached hydrogens (tertiary/aromatic N) is 2. The highest BCUT2D eigenvalue weighted by Gasteiger charge is 2.11. The van der Waals surface area contributed by atoms with E-state index in [1.807, 2.05) is 6.92 Å². The van der Waals surface area contributed by atoms with Crippen LogP contribution in [0.25, 0.3) is 0 Å². The van der Waals surface area contributed by atoms with Crippen LogP contribution in [0.5, 0.6) is 0 Å². The molecule has 23 heavy (non-hydrogen) atoms. The summed E-state index contributed by atoms with van der Waals surface area (Å²) in [6, 6.07) is 5.99. The van der Waals surface area contributed by atoms with E-state index in [9.17, 15) is 13.2 Å². The topological polar surface area (TPSA) is 97.2 Å². The number of rotatable bonds is 2. The van der Waals surface area contributed by atoms with Gasteiger partial charge in [-0.05, 0) is 50.3 Å². The Bertz CT molecular complexity index is 786. The van der Waals surface area contributed by atoms with E-state index < -0.39 is 10.1 Å². The van der Waals surface area contributed by atoms with Gasteiger partial charge in [-0.15, -0.1) is 0 Å². The zero-order valence-corrected chi connectivity index (χ0v) is 13.6. The van der Waals surface area contributed by atoms with Crippen LogP contribution in [0.2, 0.25) is 0 Å². The van der Waals surface area contributed by atoms with E-state index in [-0.39, 0.29) is 4.90 Å². The second kappa shape index (κ2) is 7.43. The molecule has 1 aliphatic rings. The molecule has 0 bridgehead atoms. The standard InChI is InChI=1S/C9H10N2O.C7H8O3S/c12-6-9-10-5-7-3-1-2-4-8(7)11-9;1-6-2-4-7(5-3-6)11(8,9)10/h5-6H,1-4H2;2-5H,1H3,(H,8,9,10). The van der Waals surface area contributed by atoms with Crippen LogP contribution in [0.15, 0.2) is 35.4 Å². The van der Waals surface area contributed by atoms with Crippen LogP contribution in [-0.2, 0) is 23.0 Å². The predicted octanol–water partition coefficient (Wildman–Crippen LogP) is 2.41. The van der Waals surface area contributed by atoms with Gasteiger partial charge in [-0.1, -0.05) is 17.7 Å². The van der Waals surface area contributed by atoms with Gasteiger partial charge in [-0.2, -0.15) is 8.42 Å². The summed E-state index contributed by atoms with van der Waals surface area (Å²) in [6.45, 7) is 1.84. The molecule has 7 heteroatoms. The van der Waals surface area contributed by atoms with Crippen LogP contribution in [-0.4, -0.2) is 29.2 Å². The fraction of sp³-hybridized carbons (Fsp3) is 0.312. The summed E-state index contributed by atoms with van der Waals surface area (Å²) < 4.78 is 29.6. The van der Waals surface area contributed by atoms with Crippen molar-refractivity contribution in [3.63, 3.8) is 0 Å². The average molecular weight is 334 g/mol. The zero-order chi connectivity index (χ0) is 16.9. The van der Waals surface area contributed by atoms with Gasteiger partial charge >= 0.3 is 0 Å². The van der Waals surface area contributed by atoms with E-state index in [4.69, 9.17) is 4.55 Å². The number of hydrogen-bond acceptors (Lipinski definition) is 5. The molecule has 0 aliphatic heterocycles. The highest BCUT2D eigenvalue weighted by atomic mass is 32.2. The molecule has 1 aromatic heterocycles. The van der Waals surface area contributed by atoms with Gasteiger partial charge < -0.3 is 0 Å². The molecule has 0 fully saturated rings. The first-order valence-electron chi connectivity index (χ1n) is 7.24. The van der Waals surface area contributed by atoms with Gasteiger partial charge in [0.05, 0.1) is 4.90 Å². The molecule has 1 aliphatic carbocycles. The first-order chi connectivity index (χ1) is 10.9. The second-order valence-corrected chi connectivity index (χ2v) is 6.73. The molecule has 0 spiro atoms. The number of aryl methyl sites for hydroxylation is 3. The maximum atomic E-state index is 10.5. The number of fused-ring (bicyclic) bond motifs is 1. The monoisotopic (exact) mass is 334 g/mol. The van der Waals surface area contributed by atoms with E-state index in [0.29, 0.717) is 12.1 Å². The summed E-state index contributed by atoms with van der Waals surface area (Å²) in [5.74, 6) is 0.315. The number of aldehydes is 1. The van der Waals surface area contributed by atoms with E-state index in [1.165, 1.54) is 30.5 Å². The number of hydrogen-bond donors (Lipinski definition) is 1. The minimum absolute atomic E-state index is 0.0666. The fourth-order valence-corrected chi connectivity index (χ4v) is 2.74. The predicted molar refractivity (Wildman–Crippen MR) is 85.1 cm³/mol. The van der Waals surface area contributed by atoms with E-state index in [1.54, 1.807) is 18.3 Å². The Kier molecular flexibility index (Phi) is 5.57. The summed E-state index contributed by atoms with van der Waals surface area (Å²) in [5, 5.41) is 0. The van der Waals surface area contributed by atoms with E-state index in [2.05, 4.69) is 9.97 Å². The van der Waals surface area contributed by atoms with Crippen molar-refractivity contribution in [3.05, 3.63) is 53.1 Å². The first-order valence-corrected chi connectivity index (χ1v) is 8.68. The lowest BCUT2D eigenvalue weighted by Crippen LogP contribution is -2.08. The molecule has 0 amide bonds. The Morgan fingerprint density at radius 2 is 1.78 bits per heavy atom. The van der Waals surface area contributed by atoms with Crippen LogP contribution < -0.4 is 0 Å². The van der Waals surface area contributed by atoms with Gasteiger partial charge in [0, 0.05) is 11.9 Å². The van der Waals surface area contributed by atoms with Crippen molar-refractivity contribution >= 4 is 16.4 Å². The number of carbonyl (C=O) groups excluding carboxylic acids is 1. The molecule has 0 saturated heterocycles. The SMILES string of the molecule is Cc1ccc(S(=O)(=O)O)cc1.O=Cc1ncc2c(n1)CCCC2. The third-order valence-corrected chi connectivity index (χ3v) is 4.37. The van der Waals surface area contributed by atoms with Crippen LogP contribution in [0.1, 0.15) is 40.3 Å². The van der Waals surface area contributed by atoms with E-state index >= 15 is 0 Å². The van der Waals surface area contributed by atoms with Crippen molar-refractivity contribution in [1.29, 1.82) is 0 Å². The van der Waals surface area contributed by atoms with Crippen molar-refractivity contribution < 1.29 is 17.8 Å². The van der Waals surface area contributed by atoms with Crippen LogP contribution in [0, 0.1) is 6.92 Å². The number of aromatic nitrogens is 2. The quantitative estimate of drug-likeness (QED) is 0.669. The molecule has 3 rings (SSSR count). The Balaban J connectivity index is 0.000000168. The Labute approximate surface area is 135 Å². The maximum Gasteiger partial charge on any atom is 0.294 e. The average Bonchev–Trinajstić information content (AvgIpc) is 2.54. The highest BCUT2D eigenvalue weighted by molar-refractivity contribution is 7.85. The van der Waals surface area contributed by atoms with E-state index in [0.717, 1.165) is 24.1 Å². The minimum Gasteiger partial charge on any atom is -0.294 e. The zero-order valence-electron chi connectivity index (χ0n) is 12.8. The smallest absolute Gasteiger partial charge is 0.294 e. The Morgan fingerprint density at radius 3 is 2.39 bits per heavy atom. The van der Waals surface area contributed by atoms with Crippen molar-refractivity contribution in [1.82, 2.24) is 9.97 Å². The van der Waals surface area contributed by atoms with Gasteiger partial charge in [0.25, 0.3) is 10.1 Å². The highest BCUT2D eigenvalue weighted by Crippen LogP contribution is 2.17.